The lowest BCUT2D eigenvalue weighted by Gasteiger charge is -2.24. The van der Waals surface area contributed by atoms with Crippen LogP contribution in [-0.2, 0) is 4.79 Å². The van der Waals surface area contributed by atoms with E-state index in [9.17, 15) is 9.59 Å². The number of nitrogens with one attached hydrogen (secondary N) is 2. The summed E-state index contributed by atoms with van der Waals surface area (Å²) >= 11 is 1.49. The van der Waals surface area contributed by atoms with Crippen LogP contribution in [0.5, 0.6) is 28.7 Å². The number of fused-ring (bicyclic) bond motifs is 1. The highest BCUT2D eigenvalue weighted by Gasteiger charge is 2.45. The molecule has 0 spiro atoms. The van der Waals surface area contributed by atoms with Crippen LogP contribution >= 0.6 is 11.8 Å². The molecule has 3 atom stereocenters. The van der Waals surface area contributed by atoms with Gasteiger partial charge in [-0.3, -0.25) is 9.59 Å². The topological polar surface area (TPSA) is 104 Å². The molecule has 4 rings (SSSR count). The van der Waals surface area contributed by atoms with Gasteiger partial charge in [-0.2, -0.15) is 0 Å². The molecule has 0 saturated carbocycles. The molecule has 1 aliphatic heterocycles. The average molecular weight is 527 g/mol. The molecule has 37 heavy (non-hydrogen) atoms. The van der Waals surface area contributed by atoms with Crippen LogP contribution in [-0.4, -0.2) is 52.7 Å². The van der Waals surface area contributed by atoms with Crippen molar-refractivity contribution in [2.75, 3.05) is 40.9 Å². The Kier molecular flexibility index (Phi) is 8.17. The third-order valence-electron chi connectivity index (χ3n) is 6.30. The molecule has 2 amide bonds. The first kappa shape index (κ1) is 26.3. The smallest absolute Gasteiger partial charge is 0.252 e. The molecule has 0 aromatic heterocycles. The second kappa shape index (κ2) is 11.5. The fraction of sp³-hybridized carbons (Fsp3) is 0.333. The Balaban J connectivity index is 1.60. The van der Waals surface area contributed by atoms with Gasteiger partial charge in [-0.1, -0.05) is 18.2 Å². The third kappa shape index (κ3) is 5.48. The predicted octanol–water partition coefficient (Wildman–Crippen LogP) is 4.25. The predicted molar refractivity (Wildman–Crippen MR) is 142 cm³/mol. The first-order valence-electron chi connectivity index (χ1n) is 11.6. The second-order valence-corrected chi connectivity index (χ2v) is 9.60. The van der Waals surface area contributed by atoms with E-state index < -0.39 is 11.3 Å². The lowest BCUT2D eigenvalue weighted by atomic mass is 9.86. The number of carbonyl (C=O) groups excluding carboxylic acids is 2. The van der Waals surface area contributed by atoms with E-state index >= 15 is 0 Å². The zero-order valence-corrected chi connectivity index (χ0v) is 22.1. The van der Waals surface area contributed by atoms with E-state index in [4.69, 9.17) is 23.7 Å². The summed E-state index contributed by atoms with van der Waals surface area (Å²) in [5.74, 6) is 1.17. The maximum Gasteiger partial charge on any atom is 0.252 e. The van der Waals surface area contributed by atoms with Gasteiger partial charge in [0, 0.05) is 35.4 Å². The summed E-state index contributed by atoms with van der Waals surface area (Å²) in [6.07, 6.45) is 6.71. The SMILES string of the molecule is COc1cc(OC)cc(C(=O)NC2SC3=CC=CCC3C2C(=O)Nc2cc(OC)c(OC)c(OC)c2)c1. The standard InChI is InChI=1S/C27H30N2O7S/c1-32-17-10-15(11-18(14-17)33-2)25(30)29-27-23(19-8-6-7-9-22(19)37-27)26(31)28-16-12-20(34-3)24(36-5)21(13-16)35-4/h6-7,9-14,19,23,27H,8H2,1-5H3,(H,28,31)(H,29,30). The molecule has 1 aliphatic carbocycles. The Morgan fingerprint density at radius 2 is 1.51 bits per heavy atom. The van der Waals surface area contributed by atoms with E-state index in [0.717, 1.165) is 4.91 Å². The molecule has 0 bridgehead atoms. The molecule has 196 valence electrons. The summed E-state index contributed by atoms with van der Waals surface area (Å²) in [5.41, 5.74) is 0.874. The average Bonchev–Trinajstić information content (AvgIpc) is 3.29. The number of hydrogen-bond donors (Lipinski definition) is 2. The monoisotopic (exact) mass is 526 g/mol. The molecule has 2 aromatic carbocycles. The van der Waals surface area contributed by atoms with Gasteiger partial charge in [0.25, 0.3) is 5.91 Å². The Morgan fingerprint density at radius 1 is 0.865 bits per heavy atom. The fourth-order valence-electron chi connectivity index (χ4n) is 4.48. The largest absolute Gasteiger partial charge is 0.497 e. The van der Waals surface area contributed by atoms with Crippen LogP contribution in [0.3, 0.4) is 0 Å². The highest BCUT2D eigenvalue weighted by molar-refractivity contribution is 8.04. The van der Waals surface area contributed by atoms with Crippen molar-refractivity contribution >= 4 is 29.3 Å². The van der Waals surface area contributed by atoms with Crippen LogP contribution in [0.2, 0.25) is 0 Å². The summed E-state index contributed by atoms with van der Waals surface area (Å²) in [6.45, 7) is 0. The first-order valence-corrected chi connectivity index (χ1v) is 12.5. The molecule has 1 fully saturated rings. The van der Waals surface area contributed by atoms with Gasteiger partial charge in [-0.25, -0.2) is 0 Å². The van der Waals surface area contributed by atoms with Gasteiger partial charge in [-0.05, 0) is 23.5 Å². The Labute approximate surface area is 220 Å². The Hall–Kier alpha value is -3.79. The molecule has 3 unspecified atom stereocenters. The van der Waals surface area contributed by atoms with Crippen molar-refractivity contribution in [1.82, 2.24) is 5.32 Å². The van der Waals surface area contributed by atoms with Gasteiger partial charge in [0.1, 0.15) is 11.5 Å². The van der Waals surface area contributed by atoms with Crippen LogP contribution in [0.25, 0.3) is 0 Å². The first-order chi connectivity index (χ1) is 17.9. The maximum atomic E-state index is 13.7. The molecule has 2 aliphatic rings. The van der Waals surface area contributed by atoms with Crippen molar-refractivity contribution in [2.45, 2.75) is 11.8 Å². The third-order valence-corrected chi connectivity index (χ3v) is 7.67. The van der Waals surface area contributed by atoms with E-state index in [0.29, 0.717) is 46.4 Å². The highest BCUT2D eigenvalue weighted by atomic mass is 32.2. The van der Waals surface area contributed by atoms with Crippen LogP contribution in [0.4, 0.5) is 5.69 Å². The minimum atomic E-state index is -0.517. The number of anilines is 1. The molecule has 1 saturated heterocycles. The number of methoxy groups -OCH3 is 5. The minimum Gasteiger partial charge on any atom is -0.497 e. The van der Waals surface area contributed by atoms with Gasteiger partial charge < -0.3 is 34.3 Å². The maximum absolute atomic E-state index is 13.7. The Morgan fingerprint density at radius 3 is 2.08 bits per heavy atom. The summed E-state index contributed by atoms with van der Waals surface area (Å²) in [7, 11) is 7.60. The molecule has 1 heterocycles. The molecule has 2 N–H and O–H groups in total. The summed E-state index contributed by atoms with van der Waals surface area (Å²) in [4.78, 5) is 28.0. The van der Waals surface area contributed by atoms with Gasteiger partial charge in [-0.15, -0.1) is 11.8 Å². The fourth-order valence-corrected chi connectivity index (χ4v) is 5.97. The van der Waals surface area contributed by atoms with E-state index in [1.165, 1.54) is 47.3 Å². The lowest BCUT2D eigenvalue weighted by Crippen LogP contribution is -2.42. The van der Waals surface area contributed by atoms with Crippen molar-refractivity contribution in [3.8, 4) is 28.7 Å². The number of ether oxygens (including phenoxy) is 5. The highest BCUT2D eigenvalue weighted by Crippen LogP contribution is 2.49. The van der Waals surface area contributed by atoms with E-state index in [2.05, 4.69) is 10.6 Å². The molecule has 0 radical (unpaired) electrons. The van der Waals surface area contributed by atoms with Gasteiger partial charge >= 0.3 is 0 Å². The second-order valence-electron chi connectivity index (χ2n) is 8.38. The summed E-state index contributed by atoms with van der Waals surface area (Å²) < 4.78 is 26.8. The number of allylic oxidation sites excluding steroid dienone is 4. The van der Waals surface area contributed by atoms with Gasteiger partial charge in [0.15, 0.2) is 11.5 Å². The van der Waals surface area contributed by atoms with Crippen molar-refractivity contribution in [1.29, 1.82) is 0 Å². The van der Waals surface area contributed by atoms with Crippen molar-refractivity contribution in [3.05, 3.63) is 59.0 Å². The number of benzene rings is 2. The normalized spacial score (nSPS) is 19.8. The number of rotatable bonds is 9. The van der Waals surface area contributed by atoms with Crippen molar-refractivity contribution in [2.24, 2.45) is 11.8 Å². The molecular formula is C27H30N2O7S. The van der Waals surface area contributed by atoms with Crippen LogP contribution in [0.1, 0.15) is 16.8 Å². The quantitative estimate of drug-likeness (QED) is 0.500. The van der Waals surface area contributed by atoms with Gasteiger partial charge in [0.2, 0.25) is 11.7 Å². The zero-order chi connectivity index (χ0) is 26.5. The summed E-state index contributed by atoms with van der Waals surface area (Å²) in [6, 6.07) is 8.32. The van der Waals surface area contributed by atoms with Crippen LogP contribution < -0.4 is 34.3 Å². The van der Waals surface area contributed by atoms with E-state index in [1.807, 2.05) is 18.2 Å². The lowest BCUT2D eigenvalue weighted by molar-refractivity contribution is -0.120. The molecule has 2 aromatic rings. The number of amides is 2. The Bertz CT molecular complexity index is 1200. The minimum absolute atomic E-state index is 0.0535. The number of thioether (sulfide) groups is 1. The van der Waals surface area contributed by atoms with E-state index in [1.54, 1.807) is 30.3 Å². The molecule has 9 nitrogen and oxygen atoms in total. The van der Waals surface area contributed by atoms with Crippen molar-refractivity contribution < 1.29 is 33.3 Å². The van der Waals surface area contributed by atoms with Crippen LogP contribution in [0.15, 0.2) is 53.5 Å². The van der Waals surface area contributed by atoms with Crippen molar-refractivity contribution in [3.63, 3.8) is 0 Å². The molecule has 10 heteroatoms. The van der Waals surface area contributed by atoms with E-state index in [-0.39, 0.29) is 17.7 Å². The summed E-state index contributed by atoms with van der Waals surface area (Å²) in [5, 5.41) is 5.55. The van der Waals surface area contributed by atoms with Crippen LogP contribution in [0, 0.1) is 11.8 Å². The van der Waals surface area contributed by atoms with Gasteiger partial charge in [0.05, 0.1) is 46.8 Å². The zero-order valence-electron chi connectivity index (χ0n) is 21.3. The number of hydrogen-bond acceptors (Lipinski definition) is 8. The number of carbonyl (C=O) groups is 2. The molecular weight excluding hydrogens is 496 g/mol.